The summed E-state index contributed by atoms with van der Waals surface area (Å²) >= 11 is 0. The highest BCUT2D eigenvalue weighted by Crippen LogP contribution is 2.38. The van der Waals surface area contributed by atoms with Gasteiger partial charge in [-0.05, 0) is 87.6 Å². The highest BCUT2D eigenvalue weighted by molar-refractivity contribution is 6.06. The first-order valence-corrected chi connectivity index (χ1v) is 18.9. The number of imide groups is 1. The number of methoxy groups -OCH3 is 1. The van der Waals surface area contributed by atoms with Gasteiger partial charge in [-0.15, -0.1) is 0 Å². The average molecular weight is 774 g/mol. The summed E-state index contributed by atoms with van der Waals surface area (Å²) in [5.41, 5.74) is 1.29. The maximum Gasteiger partial charge on any atom is 0.434 e. The van der Waals surface area contributed by atoms with Crippen LogP contribution < -0.4 is 21.1 Å². The van der Waals surface area contributed by atoms with Crippen molar-refractivity contribution in [3.8, 4) is 5.75 Å². The molecule has 1 saturated carbocycles. The number of aryl methyl sites for hydroxylation is 1. The molecule has 56 heavy (non-hydrogen) atoms. The smallest absolute Gasteiger partial charge is 0.434 e. The number of imidazole rings is 1. The number of alkyl halides is 3. The third-order valence-electron chi connectivity index (χ3n) is 11.7. The molecule has 1 unspecified atom stereocenters. The summed E-state index contributed by atoms with van der Waals surface area (Å²) in [6.45, 7) is 2.91. The summed E-state index contributed by atoms with van der Waals surface area (Å²) in [4.78, 5) is 60.2. The molecule has 2 aliphatic heterocycles. The van der Waals surface area contributed by atoms with Crippen LogP contribution in [-0.4, -0.2) is 78.2 Å². The molecule has 14 nitrogen and oxygen atoms in total. The molecule has 294 valence electrons. The van der Waals surface area contributed by atoms with Crippen molar-refractivity contribution in [1.82, 2.24) is 39.1 Å². The third-order valence-corrected chi connectivity index (χ3v) is 11.7. The molecule has 3 fully saturated rings. The molecule has 2 N–H and O–H groups in total. The van der Waals surface area contributed by atoms with Crippen molar-refractivity contribution in [1.29, 1.82) is 0 Å². The number of piperidine rings is 2. The number of para-hydroxylation sites is 1. The van der Waals surface area contributed by atoms with Crippen LogP contribution in [0.5, 0.6) is 5.75 Å². The number of likely N-dealkylation sites (tertiary alicyclic amines) is 1. The molecule has 5 aromatic rings. The summed E-state index contributed by atoms with van der Waals surface area (Å²) in [6, 6.07) is 8.72. The number of rotatable bonds is 8. The molecule has 2 saturated heterocycles. The van der Waals surface area contributed by atoms with E-state index in [0.29, 0.717) is 17.9 Å². The van der Waals surface area contributed by atoms with Gasteiger partial charge >= 0.3 is 11.9 Å². The predicted octanol–water partition coefficient (Wildman–Crippen LogP) is 5.35. The lowest BCUT2D eigenvalue weighted by Gasteiger charge is -2.37. The fourth-order valence-electron chi connectivity index (χ4n) is 8.85. The number of hydrogen-bond acceptors (Lipinski definition) is 9. The van der Waals surface area contributed by atoms with Crippen molar-refractivity contribution in [2.45, 2.75) is 75.5 Å². The standard InChI is InChI=1S/C39H42F3N9O5/c1-48-34-26(4-3-5-30(34)51(38(48)55)31-10-11-33(52)46-37(31)54)23-12-14-49(15-13-23)19-22-6-8-25(9-7-22)50-20-24-16-29(32(56-2)17-28(24)47-50)45-36(53)27-18-43-21-44-35(27)39(40,41)42/h3-5,16-18,20-23,25,31H,6-15,19H2,1-2H3,(H,45,53)(H,46,52,54)/t22-,25-,31?. The summed E-state index contributed by atoms with van der Waals surface area (Å²) < 4.78 is 51.1. The minimum atomic E-state index is -4.82. The Bertz CT molecular complexity index is 2390. The van der Waals surface area contributed by atoms with E-state index in [2.05, 4.69) is 31.6 Å². The summed E-state index contributed by atoms with van der Waals surface area (Å²) in [5.74, 6) is -0.663. The van der Waals surface area contributed by atoms with Crippen LogP contribution in [0.4, 0.5) is 18.9 Å². The molecule has 17 heteroatoms. The predicted molar refractivity (Wildman–Crippen MR) is 199 cm³/mol. The van der Waals surface area contributed by atoms with E-state index in [-0.39, 0.29) is 41.4 Å². The molecule has 8 rings (SSSR count). The van der Waals surface area contributed by atoms with Gasteiger partial charge in [0.25, 0.3) is 5.91 Å². The molecule has 0 spiro atoms. The van der Waals surface area contributed by atoms with E-state index in [9.17, 15) is 32.3 Å². The molecule has 0 radical (unpaired) electrons. The van der Waals surface area contributed by atoms with Gasteiger partial charge in [-0.2, -0.15) is 18.3 Å². The summed E-state index contributed by atoms with van der Waals surface area (Å²) in [6.07, 6.45) is 5.08. The number of benzene rings is 2. The van der Waals surface area contributed by atoms with Crippen LogP contribution in [0.2, 0.25) is 0 Å². The molecular weight excluding hydrogens is 731 g/mol. The van der Waals surface area contributed by atoms with Gasteiger partial charge in [0.1, 0.15) is 18.1 Å². The van der Waals surface area contributed by atoms with Gasteiger partial charge in [-0.1, -0.05) is 12.1 Å². The SMILES string of the molecule is COc1cc2nn([C@H]3CC[C@H](CN4CCC(c5cccc6c5n(C)c(=O)n6C5CCC(=O)NC5=O)CC4)CC3)cc2cc1NC(=O)c1cncnc1C(F)(F)F. The Morgan fingerprint density at radius 2 is 1.80 bits per heavy atom. The molecule has 1 atom stereocenters. The molecule has 3 aromatic heterocycles. The Labute approximate surface area is 319 Å². The first kappa shape index (κ1) is 37.3. The topological polar surface area (TPSA) is 158 Å². The maximum absolute atomic E-state index is 13.5. The van der Waals surface area contributed by atoms with Gasteiger partial charge in [0, 0.05) is 43.9 Å². The van der Waals surface area contributed by atoms with E-state index >= 15 is 0 Å². The Kier molecular flexibility index (Phi) is 9.88. The van der Waals surface area contributed by atoms with E-state index in [0.717, 1.165) is 92.7 Å². The normalized spacial score (nSPS) is 21.4. The van der Waals surface area contributed by atoms with Crippen molar-refractivity contribution < 1.29 is 32.3 Å². The molecule has 3 amide bonds. The Balaban J connectivity index is 0.884. The van der Waals surface area contributed by atoms with Gasteiger partial charge in [0.2, 0.25) is 11.8 Å². The zero-order valence-electron chi connectivity index (χ0n) is 31.0. The first-order chi connectivity index (χ1) is 26.9. The second-order valence-electron chi connectivity index (χ2n) is 15.1. The second kappa shape index (κ2) is 14.8. The van der Waals surface area contributed by atoms with E-state index in [1.54, 1.807) is 28.3 Å². The van der Waals surface area contributed by atoms with E-state index in [1.165, 1.54) is 7.11 Å². The third kappa shape index (κ3) is 7.03. The monoisotopic (exact) mass is 773 g/mol. The van der Waals surface area contributed by atoms with Crippen molar-refractivity contribution in [3.63, 3.8) is 0 Å². The molecule has 0 bridgehead atoms. The van der Waals surface area contributed by atoms with Crippen LogP contribution in [0, 0.1) is 5.92 Å². The van der Waals surface area contributed by atoms with Gasteiger partial charge in [0.05, 0.1) is 41.0 Å². The number of halogens is 3. The number of nitrogens with zero attached hydrogens (tertiary/aromatic N) is 7. The molecule has 1 aliphatic carbocycles. The van der Waals surface area contributed by atoms with Crippen molar-refractivity contribution in [2.24, 2.45) is 13.0 Å². The summed E-state index contributed by atoms with van der Waals surface area (Å²) in [7, 11) is 3.17. The number of amides is 3. The van der Waals surface area contributed by atoms with E-state index in [1.807, 2.05) is 23.0 Å². The number of hydrogen-bond donors (Lipinski definition) is 2. The fourth-order valence-corrected chi connectivity index (χ4v) is 8.85. The minimum Gasteiger partial charge on any atom is -0.494 e. The largest absolute Gasteiger partial charge is 0.494 e. The van der Waals surface area contributed by atoms with Crippen LogP contribution in [0.15, 0.2) is 53.8 Å². The Hall–Kier alpha value is -5.58. The number of carbonyl (C=O) groups is 3. The van der Waals surface area contributed by atoms with Gasteiger partial charge in [-0.3, -0.25) is 33.5 Å². The Morgan fingerprint density at radius 1 is 1.04 bits per heavy atom. The number of carbonyl (C=O) groups excluding carboxylic acids is 3. The van der Waals surface area contributed by atoms with Gasteiger partial charge in [0.15, 0.2) is 5.69 Å². The number of ether oxygens (including phenoxy) is 1. The maximum atomic E-state index is 13.5. The van der Waals surface area contributed by atoms with Crippen molar-refractivity contribution >= 4 is 45.3 Å². The van der Waals surface area contributed by atoms with E-state index in [4.69, 9.17) is 9.84 Å². The van der Waals surface area contributed by atoms with Crippen molar-refractivity contribution in [3.05, 3.63) is 76.4 Å². The number of aromatic nitrogens is 6. The minimum absolute atomic E-state index is 0.184. The lowest BCUT2D eigenvalue weighted by Crippen LogP contribution is -2.44. The molecular formula is C39H42F3N9O5. The highest BCUT2D eigenvalue weighted by Gasteiger charge is 2.38. The zero-order chi connectivity index (χ0) is 39.3. The van der Waals surface area contributed by atoms with Crippen molar-refractivity contribution in [2.75, 3.05) is 32.1 Å². The highest BCUT2D eigenvalue weighted by atomic mass is 19.4. The van der Waals surface area contributed by atoms with Gasteiger partial charge in [-0.25, -0.2) is 14.8 Å². The fraction of sp³-hybridized carbons (Fsp3) is 0.462. The quantitative estimate of drug-likeness (QED) is 0.199. The molecule has 3 aliphatic rings. The zero-order valence-corrected chi connectivity index (χ0v) is 31.0. The van der Waals surface area contributed by atoms with Crippen LogP contribution in [-0.2, 0) is 22.8 Å². The second-order valence-corrected chi connectivity index (χ2v) is 15.1. The molecule has 5 heterocycles. The van der Waals surface area contributed by atoms with Crippen LogP contribution in [0.1, 0.15) is 91.0 Å². The lowest BCUT2D eigenvalue weighted by molar-refractivity contribution is -0.141. The molecule has 2 aromatic carbocycles. The average Bonchev–Trinajstić information content (AvgIpc) is 3.72. The lowest BCUT2D eigenvalue weighted by atomic mass is 9.84. The summed E-state index contributed by atoms with van der Waals surface area (Å²) in [5, 5.41) is 10.4. The Morgan fingerprint density at radius 3 is 2.52 bits per heavy atom. The van der Waals surface area contributed by atoms with Gasteiger partial charge < -0.3 is 15.0 Å². The number of fused-ring (bicyclic) bond motifs is 2. The first-order valence-electron chi connectivity index (χ1n) is 18.9. The number of anilines is 1. The van der Waals surface area contributed by atoms with E-state index < -0.39 is 35.3 Å². The number of nitrogens with one attached hydrogen (secondary N) is 2. The van der Waals surface area contributed by atoms with Crippen LogP contribution >= 0.6 is 0 Å². The van der Waals surface area contributed by atoms with Crippen LogP contribution in [0.3, 0.4) is 0 Å². The van der Waals surface area contributed by atoms with Crippen LogP contribution in [0.25, 0.3) is 21.9 Å².